The number of rotatable bonds is 4. The number of ether oxygens (including phenoxy) is 2. The molecule has 0 amide bonds. The minimum atomic E-state index is -1.10. The number of allylic oxidation sites excluding steroid dienone is 3. The molecule has 0 spiro atoms. The number of dihydropyridines is 1. The van der Waals surface area contributed by atoms with Gasteiger partial charge in [-0.3, -0.25) is 9.59 Å². The summed E-state index contributed by atoms with van der Waals surface area (Å²) in [6.45, 7) is 5.20. The molecule has 0 radical (unpaired) electrons. The molecule has 30 heavy (non-hydrogen) atoms. The van der Waals surface area contributed by atoms with E-state index >= 15 is 0 Å². The molecule has 0 saturated carbocycles. The summed E-state index contributed by atoms with van der Waals surface area (Å²) >= 11 is 6.33. The van der Waals surface area contributed by atoms with Crippen LogP contribution in [0.2, 0.25) is 5.02 Å². The highest BCUT2D eigenvalue weighted by Crippen LogP contribution is 2.47. The van der Waals surface area contributed by atoms with Crippen molar-refractivity contribution in [3.8, 4) is 0 Å². The lowest BCUT2D eigenvalue weighted by Gasteiger charge is -2.38. The molecule has 0 unspecified atom stereocenters. The minimum Gasteiger partial charge on any atom is -0.468 e. The van der Waals surface area contributed by atoms with Crippen molar-refractivity contribution in [2.75, 3.05) is 13.7 Å². The normalized spacial score (nSPS) is 23.7. The van der Waals surface area contributed by atoms with E-state index in [0.29, 0.717) is 17.8 Å². The smallest absolute Gasteiger partial charge is 0.336 e. The maximum Gasteiger partial charge on any atom is 0.336 e. The zero-order valence-electron chi connectivity index (χ0n) is 17.2. The Morgan fingerprint density at radius 2 is 2.03 bits per heavy atom. The first-order valence-electron chi connectivity index (χ1n) is 9.66. The molecule has 1 N–H and O–H groups in total. The summed E-state index contributed by atoms with van der Waals surface area (Å²) in [5, 5.41) is 3.18. The molecule has 160 valence electrons. The van der Waals surface area contributed by atoms with E-state index < -0.39 is 35.4 Å². The largest absolute Gasteiger partial charge is 0.468 e. The topological polar surface area (TPSA) is 81.7 Å². The van der Waals surface area contributed by atoms with E-state index in [1.165, 1.54) is 25.3 Å². The van der Waals surface area contributed by atoms with Crippen molar-refractivity contribution >= 4 is 29.3 Å². The van der Waals surface area contributed by atoms with Gasteiger partial charge in [0, 0.05) is 27.6 Å². The van der Waals surface area contributed by atoms with Crippen molar-refractivity contribution in [2.24, 2.45) is 11.8 Å². The highest BCUT2D eigenvalue weighted by Gasteiger charge is 2.48. The van der Waals surface area contributed by atoms with Crippen molar-refractivity contribution < 1.29 is 28.2 Å². The number of halogens is 2. The Morgan fingerprint density at radius 1 is 1.33 bits per heavy atom. The van der Waals surface area contributed by atoms with Gasteiger partial charge in [0.15, 0.2) is 5.78 Å². The van der Waals surface area contributed by atoms with Gasteiger partial charge in [0.1, 0.15) is 11.7 Å². The lowest BCUT2D eigenvalue weighted by Crippen LogP contribution is -2.43. The first kappa shape index (κ1) is 22.0. The second kappa shape index (κ2) is 8.60. The fourth-order valence-electron chi connectivity index (χ4n) is 4.24. The average Bonchev–Trinajstić information content (AvgIpc) is 2.67. The molecule has 2 aliphatic rings. The van der Waals surface area contributed by atoms with Gasteiger partial charge < -0.3 is 14.8 Å². The number of esters is 2. The molecule has 0 aromatic heterocycles. The summed E-state index contributed by atoms with van der Waals surface area (Å²) in [5.41, 5.74) is 1.23. The van der Waals surface area contributed by atoms with Crippen molar-refractivity contribution in [2.45, 2.75) is 33.1 Å². The molecule has 1 heterocycles. The summed E-state index contributed by atoms with van der Waals surface area (Å²) < 4.78 is 25.0. The van der Waals surface area contributed by atoms with Gasteiger partial charge in [-0.15, -0.1) is 0 Å². The quantitative estimate of drug-likeness (QED) is 0.574. The van der Waals surface area contributed by atoms with E-state index in [9.17, 15) is 18.8 Å². The Morgan fingerprint density at radius 3 is 2.63 bits per heavy atom. The van der Waals surface area contributed by atoms with Crippen molar-refractivity contribution in [1.82, 2.24) is 5.32 Å². The van der Waals surface area contributed by atoms with Crippen LogP contribution in [-0.2, 0) is 23.9 Å². The number of ketones is 1. The number of carbonyl (C=O) groups is 3. The molecule has 0 saturated heterocycles. The van der Waals surface area contributed by atoms with E-state index in [0.717, 1.165) is 0 Å². The van der Waals surface area contributed by atoms with E-state index in [1.54, 1.807) is 20.8 Å². The molecule has 0 fully saturated rings. The van der Waals surface area contributed by atoms with E-state index in [1.807, 2.05) is 0 Å². The molecule has 0 bridgehead atoms. The van der Waals surface area contributed by atoms with Crippen LogP contribution in [0, 0.1) is 17.7 Å². The van der Waals surface area contributed by atoms with Crippen LogP contribution in [0.5, 0.6) is 0 Å². The number of hydrogen-bond acceptors (Lipinski definition) is 6. The van der Waals surface area contributed by atoms with Gasteiger partial charge in [0.25, 0.3) is 0 Å². The van der Waals surface area contributed by atoms with Crippen LogP contribution >= 0.6 is 11.6 Å². The molecule has 1 aliphatic heterocycles. The van der Waals surface area contributed by atoms with Crippen molar-refractivity contribution in [1.29, 1.82) is 0 Å². The third-order valence-electron chi connectivity index (χ3n) is 5.53. The number of nitrogens with one attached hydrogen (secondary N) is 1. The predicted octanol–water partition coefficient (Wildman–Crippen LogP) is 3.66. The lowest BCUT2D eigenvalue weighted by atomic mass is 9.69. The fourth-order valence-corrected chi connectivity index (χ4v) is 4.51. The van der Waals surface area contributed by atoms with Crippen LogP contribution in [0.25, 0.3) is 0 Å². The van der Waals surface area contributed by atoms with Crippen LogP contribution in [0.1, 0.15) is 38.7 Å². The summed E-state index contributed by atoms with van der Waals surface area (Å²) in [4.78, 5) is 38.6. The molecule has 3 atom stereocenters. The SMILES string of the molecule is CCOC(=O)C1=C(C)NC2=C(C(=O)[C@H](C(=O)OC)[C@@H](C)C2)[C@H]1c1c(F)cccc1Cl. The van der Waals surface area contributed by atoms with Gasteiger partial charge in [-0.05, 0) is 38.3 Å². The molecular formula is C22H23ClFNO5. The van der Waals surface area contributed by atoms with Gasteiger partial charge >= 0.3 is 11.9 Å². The Labute approximate surface area is 179 Å². The highest BCUT2D eigenvalue weighted by atomic mass is 35.5. The Kier molecular flexibility index (Phi) is 6.31. The first-order chi connectivity index (χ1) is 14.2. The molecule has 6 nitrogen and oxygen atoms in total. The first-order valence-corrected chi connectivity index (χ1v) is 10.0. The lowest BCUT2D eigenvalue weighted by molar-refractivity contribution is -0.151. The van der Waals surface area contributed by atoms with Gasteiger partial charge in [-0.1, -0.05) is 24.6 Å². The fraction of sp³-hybridized carbons (Fsp3) is 0.409. The summed E-state index contributed by atoms with van der Waals surface area (Å²) in [7, 11) is 1.21. The van der Waals surface area contributed by atoms with Gasteiger partial charge in [0.05, 0.1) is 25.2 Å². The van der Waals surface area contributed by atoms with E-state index in [4.69, 9.17) is 21.1 Å². The van der Waals surface area contributed by atoms with Crippen LogP contribution in [0.3, 0.4) is 0 Å². The number of benzene rings is 1. The molecule has 1 aliphatic carbocycles. The molecule has 1 aromatic carbocycles. The Balaban J connectivity index is 2.26. The van der Waals surface area contributed by atoms with Crippen LogP contribution < -0.4 is 5.32 Å². The van der Waals surface area contributed by atoms with Gasteiger partial charge in [-0.25, -0.2) is 9.18 Å². The van der Waals surface area contributed by atoms with Crippen LogP contribution in [0.15, 0.2) is 40.7 Å². The number of hydrogen-bond donors (Lipinski definition) is 1. The second-order valence-corrected chi connectivity index (χ2v) is 7.80. The van der Waals surface area contributed by atoms with Crippen LogP contribution in [-0.4, -0.2) is 31.4 Å². The van der Waals surface area contributed by atoms with Gasteiger partial charge in [0.2, 0.25) is 0 Å². The zero-order chi connectivity index (χ0) is 22.2. The van der Waals surface area contributed by atoms with E-state index in [2.05, 4.69) is 5.32 Å². The van der Waals surface area contributed by atoms with E-state index in [-0.39, 0.29) is 34.3 Å². The summed E-state index contributed by atoms with van der Waals surface area (Å²) in [5.74, 6) is -4.99. The Hall–Kier alpha value is -2.67. The predicted molar refractivity (Wildman–Crippen MR) is 108 cm³/mol. The number of carbonyl (C=O) groups excluding carboxylic acids is 3. The molecular weight excluding hydrogens is 413 g/mol. The van der Waals surface area contributed by atoms with Crippen molar-refractivity contribution in [3.63, 3.8) is 0 Å². The average molecular weight is 436 g/mol. The monoisotopic (exact) mass is 435 g/mol. The zero-order valence-corrected chi connectivity index (χ0v) is 17.9. The maximum atomic E-state index is 15.0. The standard InChI is InChI=1S/C22H23ClFNO5/c1-5-30-22(28)16-11(3)25-14-9-10(2)15(21(27)29-4)20(26)18(14)19(16)17-12(23)7-6-8-13(17)24/h6-8,10,15,19,25H,5,9H2,1-4H3/t10-,15+,19+/m0/s1. The summed E-state index contributed by atoms with van der Waals surface area (Å²) in [6.07, 6.45) is 0.358. The number of Topliss-reactive ketones (excluding diaryl/α,β-unsaturated/α-hetero) is 1. The van der Waals surface area contributed by atoms with Gasteiger partial charge in [-0.2, -0.15) is 0 Å². The maximum absolute atomic E-state index is 15.0. The Bertz CT molecular complexity index is 963. The third-order valence-corrected chi connectivity index (χ3v) is 5.86. The van der Waals surface area contributed by atoms with Crippen LogP contribution in [0.4, 0.5) is 4.39 Å². The molecule has 3 rings (SSSR count). The molecule has 1 aromatic rings. The second-order valence-electron chi connectivity index (χ2n) is 7.39. The summed E-state index contributed by atoms with van der Waals surface area (Å²) in [6, 6.07) is 4.16. The third kappa shape index (κ3) is 3.62. The van der Waals surface area contributed by atoms with Crippen molar-refractivity contribution in [3.05, 3.63) is 57.1 Å². The minimum absolute atomic E-state index is 0.00193. The highest BCUT2D eigenvalue weighted by molar-refractivity contribution is 6.31. The molecule has 8 heteroatoms. The number of methoxy groups -OCH3 is 1.